The standard InChI is InChI=1S/C15H20N2O3S/c1-4-8-17(11-13(19)16(2)3)15(20)14-12(6-5-9-18)7-10-21-14/h7,10,18H,4,8-9,11H2,1-3H3. The fourth-order valence-corrected chi connectivity index (χ4v) is 2.49. The minimum Gasteiger partial charge on any atom is -0.384 e. The average Bonchev–Trinajstić information content (AvgIpc) is 2.91. The number of likely N-dealkylation sites (N-methyl/N-ethyl adjacent to an activating group) is 1. The van der Waals surface area contributed by atoms with E-state index in [1.165, 1.54) is 21.1 Å². The first-order valence-corrected chi connectivity index (χ1v) is 7.55. The maximum atomic E-state index is 12.6. The Balaban J connectivity index is 2.96. The van der Waals surface area contributed by atoms with Crippen molar-refractivity contribution in [1.82, 2.24) is 9.80 Å². The van der Waals surface area contributed by atoms with Gasteiger partial charge in [0.1, 0.15) is 18.0 Å². The van der Waals surface area contributed by atoms with Gasteiger partial charge in [0, 0.05) is 26.2 Å². The fourth-order valence-electron chi connectivity index (χ4n) is 1.68. The van der Waals surface area contributed by atoms with Crippen LogP contribution in [0.1, 0.15) is 28.6 Å². The van der Waals surface area contributed by atoms with Crippen LogP contribution in [0.5, 0.6) is 0 Å². The second kappa shape index (κ2) is 8.45. The zero-order valence-electron chi connectivity index (χ0n) is 12.5. The predicted molar refractivity (Wildman–Crippen MR) is 83.2 cm³/mol. The number of carbonyl (C=O) groups is 2. The van der Waals surface area contributed by atoms with Crippen LogP contribution in [-0.2, 0) is 4.79 Å². The van der Waals surface area contributed by atoms with Gasteiger partial charge in [-0.25, -0.2) is 0 Å². The van der Waals surface area contributed by atoms with Gasteiger partial charge in [-0.05, 0) is 17.9 Å². The molecule has 0 saturated carbocycles. The Bertz CT molecular complexity index is 555. The van der Waals surface area contributed by atoms with Gasteiger partial charge < -0.3 is 14.9 Å². The third kappa shape index (κ3) is 4.88. The van der Waals surface area contributed by atoms with Crippen molar-refractivity contribution < 1.29 is 14.7 Å². The monoisotopic (exact) mass is 308 g/mol. The lowest BCUT2D eigenvalue weighted by Crippen LogP contribution is -2.40. The van der Waals surface area contributed by atoms with Crippen LogP contribution in [0, 0.1) is 11.8 Å². The molecular formula is C15H20N2O3S. The number of amides is 2. The summed E-state index contributed by atoms with van der Waals surface area (Å²) >= 11 is 1.30. The molecule has 6 heteroatoms. The summed E-state index contributed by atoms with van der Waals surface area (Å²) in [6.45, 7) is 2.29. The molecule has 2 amide bonds. The number of thiophene rings is 1. The Morgan fingerprint density at radius 3 is 2.67 bits per heavy atom. The first kappa shape index (κ1) is 17.2. The molecule has 5 nitrogen and oxygen atoms in total. The van der Waals surface area contributed by atoms with Gasteiger partial charge >= 0.3 is 0 Å². The SMILES string of the molecule is CCCN(CC(=O)N(C)C)C(=O)c1sccc1C#CCO. The minimum absolute atomic E-state index is 0.0600. The minimum atomic E-state index is -0.249. The molecule has 21 heavy (non-hydrogen) atoms. The third-order valence-electron chi connectivity index (χ3n) is 2.77. The number of hydrogen-bond donors (Lipinski definition) is 1. The summed E-state index contributed by atoms with van der Waals surface area (Å²) in [6, 6.07) is 1.75. The zero-order valence-corrected chi connectivity index (χ0v) is 13.4. The van der Waals surface area contributed by atoms with Gasteiger partial charge in [-0.2, -0.15) is 0 Å². The summed E-state index contributed by atoms with van der Waals surface area (Å²) < 4.78 is 0. The summed E-state index contributed by atoms with van der Waals surface area (Å²) in [7, 11) is 3.33. The highest BCUT2D eigenvalue weighted by molar-refractivity contribution is 7.12. The van der Waals surface area contributed by atoms with E-state index in [4.69, 9.17) is 5.11 Å². The zero-order chi connectivity index (χ0) is 15.8. The summed E-state index contributed by atoms with van der Waals surface area (Å²) in [4.78, 5) is 27.9. The molecule has 1 rings (SSSR count). The van der Waals surface area contributed by atoms with Gasteiger partial charge in [-0.3, -0.25) is 9.59 Å². The topological polar surface area (TPSA) is 60.9 Å². The van der Waals surface area contributed by atoms with Crippen LogP contribution in [0.3, 0.4) is 0 Å². The maximum absolute atomic E-state index is 12.6. The van der Waals surface area contributed by atoms with Gasteiger partial charge in [-0.15, -0.1) is 11.3 Å². The van der Waals surface area contributed by atoms with Crippen molar-refractivity contribution in [3.8, 4) is 11.8 Å². The predicted octanol–water partition coefficient (Wildman–Crippen LogP) is 1.03. The Labute approximate surface area is 129 Å². The first-order valence-electron chi connectivity index (χ1n) is 6.67. The van der Waals surface area contributed by atoms with E-state index in [1.807, 2.05) is 6.92 Å². The van der Waals surface area contributed by atoms with Crippen LogP contribution in [0.25, 0.3) is 0 Å². The van der Waals surface area contributed by atoms with Crippen molar-refractivity contribution in [3.63, 3.8) is 0 Å². The molecule has 0 aliphatic heterocycles. The van der Waals surface area contributed by atoms with Crippen LogP contribution >= 0.6 is 11.3 Å². The summed E-state index contributed by atoms with van der Waals surface area (Å²) in [5.41, 5.74) is 0.595. The lowest BCUT2D eigenvalue weighted by atomic mass is 10.2. The van der Waals surface area contributed by atoms with Gasteiger partial charge in [-0.1, -0.05) is 18.8 Å². The van der Waals surface area contributed by atoms with Crippen molar-refractivity contribution in [2.75, 3.05) is 33.8 Å². The molecule has 1 N–H and O–H groups in total. The second-order valence-electron chi connectivity index (χ2n) is 4.64. The molecule has 0 unspecified atom stereocenters. The molecule has 114 valence electrons. The number of aliphatic hydroxyl groups excluding tert-OH is 1. The Morgan fingerprint density at radius 1 is 1.38 bits per heavy atom. The fraction of sp³-hybridized carbons (Fsp3) is 0.467. The molecule has 0 saturated heterocycles. The molecular weight excluding hydrogens is 288 g/mol. The Kier molecular flexibility index (Phi) is 6.92. The van der Waals surface area contributed by atoms with Crippen molar-refractivity contribution >= 4 is 23.2 Å². The highest BCUT2D eigenvalue weighted by atomic mass is 32.1. The number of nitrogens with zero attached hydrogens (tertiary/aromatic N) is 2. The third-order valence-corrected chi connectivity index (χ3v) is 3.67. The number of aliphatic hydroxyl groups is 1. The Morgan fingerprint density at radius 2 is 2.10 bits per heavy atom. The summed E-state index contributed by atoms with van der Waals surface area (Å²) in [5, 5.41) is 10.5. The van der Waals surface area contributed by atoms with Crippen LogP contribution in [-0.4, -0.2) is 60.5 Å². The number of hydrogen-bond acceptors (Lipinski definition) is 4. The molecule has 0 spiro atoms. The van der Waals surface area contributed by atoms with Crippen LogP contribution in [0.2, 0.25) is 0 Å². The Hall–Kier alpha value is -1.84. The van der Waals surface area contributed by atoms with Crippen LogP contribution in [0.15, 0.2) is 11.4 Å². The molecule has 0 fully saturated rings. The van der Waals surface area contributed by atoms with E-state index in [0.29, 0.717) is 17.0 Å². The van der Waals surface area contributed by atoms with E-state index in [0.717, 1.165) is 6.42 Å². The van der Waals surface area contributed by atoms with Gasteiger partial charge in [0.2, 0.25) is 5.91 Å². The van der Waals surface area contributed by atoms with Gasteiger partial charge in [0.25, 0.3) is 5.91 Å². The van der Waals surface area contributed by atoms with E-state index >= 15 is 0 Å². The molecule has 1 heterocycles. The summed E-state index contributed by atoms with van der Waals surface area (Å²) in [6.07, 6.45) is 0.773. The molecule has 0 atom stereocenters. The van der Waals surface area contributed by atoms with E-state index in [2.05, 4.69) is 11.8 Å². The first-order chi connectivity index (χ1) is 10.0. The molecule has 1 aromatic heterocycles. The summed E-state index contributed by atoms with van der Waals surface area (Å²) in [5.74, 6) is 5.00. The maximum Gasteiger partial charge on any atom is 0.265 e. The molecule has 0 aromatic carbocycles. The second-order valence-corrected chi connectivity index (χ2v) is 5.55. The lowest BCUT2D eigenvalue weighted by Gasteiger charge is -2.23. The van der Waals surface area contributed by atoms with Crippen molar-refractivity contribution in [2.24, 2.45) is 0 Å². The highest BCUT2D eigenvalue weighted by Crippen LogP contribution is 2.18. The van der Waals surface area contributed by atoms with Crippen molar-refractivity contribution in [1.29, 1.82) is 0 Å². The van der Waals surface area contributed by atoms with Gasteiger partial charge in [0.05, 0.1) is 0 Å². The van der Waals surface area contributed by atoms with Crippen LogP contribution < -0.4 is 0 Å². The number of rotatable bonds is 5. The van der Waals surface area contributed by atoms with Crippen molar-refractivity contribution in [2.45, 2.75) is 13.3 Å². The largest absolute Gasteiger partial charge is 0.384 e. The number of carbonyl (C=O) groups excluding carboxylic acids is 2. The smallest absolute Gasteiger partial charge is 0.265 e. The lowest BCUT2D eigenvalue weighted by molar-refractivity contribution is -0.129. The molecule has 0 bridgehead atoms. The van der Waals surface area contributed by atoms with E-state index in [1.54, 1.807) is 25.5 Å². The molecule has 0 radical (unpaired) electrons. The van der Waals surface area contributed by atoms with Crippen molar-refractivity contribution in [3.05, 3.63) is 21.9 Å². The highest BCUT2D eigenvalue weighted by Gasteiger charge is 2.22. The quantitative estimate of drug-likeness (QED) is 0.827. The average molecular weight is 308 g/mol. The normalized spacial score (nSPS) is 9.71. The molecule has 1 aromatic rings. The molecule has 0 aliphatic carbocycles. The van der Waals surface area contributed by atoms with Gasteiger partial charge in [0.15, 0.2) is 0 Å². The molecule has 0 aliphatic rings. The van der Waals surface area contributed by atoms with E-state index in [9.17, 15) is 9.59 Å². The van der Waals surface area contributed by atoms with E-state index in [-0.39, 0.29) is 25.0 Å². The van der Waals surface area contributed by atoms with E-state index < -0.39 is 0 Å². The van der Waals surface area contributed by atoms with Crippen LogP contribution in [0.4, 0.5) is 0 Å².